The Hall–Kier alpha value is -1.30. The first-order chi connectivity index (χ1) is 9.54. The van der Waals surface area contributed by atoms with Crippen LogP contribution < -0.4 is 10.6 Å². The molecular weight excluding hydrogens is 258 g/mol. The van der Waals surface area contributed by atoms with E-state index in [0.717, 1.165) is 19.5 Å². The zero-order valence-electron chi connectivity index (χ0n) is 12.5. The van der Waals surface area contributed by atoms with Gasteiger partial charge in [-0.2, -0.15) is 0 Å². The Bertz CT molecular complexity index is 317. The molecular formula is C14H27N3O3. The number of nitrogens with one attached hydrogen (secondary N) is 2. The second-order valence-corrected chi connectivity index (χ2v) is 5.48. The summed E-state index contributed by atoms with van der Waals surface area (Å²) in [6.45, 7) is 6.70. The molecule has 0 saturated carbocycles. The third kappa shape index (κ3) is 5.77. The number of amides is 2. The van der Waals surface area contributed by atoms with Gasteiger partial charge in [0.1, 0.15) is 6.04 Å². The minimum atomic E-state index is -0.980. The highest BCUT2D eigenvalue weighted by Gasteiger charge is 2.20. The lowest BCUT2D eigenvalue weighted by atomic mass is 10.1. The number of carbonyl (C=O) groups is 2. The van der Waals surface area contributed by atoms with E-state index < -0.39 is 18.0 Å². The molecule has 6 nitrogen and oxygen atoms in total. The number of hydrogen-bond acceptors (Lipinski definition) is 3. The van der Waals surface area contributed by atoms with Crippen LogP contribution in [0.4, 0.5) is 4.79 Å². The van der Waals surface area contributed by atoms with Crippen LogP contribution in [0.1, 0.15) is 46.0 Å². The summed E-state index contributed by atoms with van der Waals surface area (Å²) in [7, 11) is 0. The molecule has 1 fully saturated rings. The number of carboxylic acid groups (broad SMARTS) is 1. The molecule has 0 spiro atoms. The second kappa shape index (κ2) is 8.79. The van der Waals surface area contributed by atoms with E-state index in [9.17, 15) is 9.59 Å². The molecule has 2 atom stereocenters. The van der Waals surface area contributed by atoms with E-state index >= 15 is 0 Å². The maximum absolute atomic E-state index is 11.7. The van der Waals surface area contributed by atoms with Crippen LogP contribution in [-0.2, 0) is 4.79 Å². The molecule has 2 amide bonds. The molecule has 1 aliphatic heterocycles. The van der Waals surface area contributed by atoms with Crippen molar-refractivity contribution < 1.29 is 14.7 Å². The highest BCUT2D eigenvalue weighted by Crippen LogP contribution is 2.11. The van der Waals surface area contributed by atoms with Crippen molar-refractivity contribution in [2.24, 2.45) is 0 Å². The monoisotopic (exact) mass is 285 g/mol. The Kier molecular flexibility index (Phi) is 7.36. The first kappa shape index (κ1) is 16.8. The Morgan fingerprint density at radius 3 is 2.45 bits per heavy atom. The molecule has 0 aromatic heterocycles. The van der Waals surface area contributed by atoms with Crippen LogP contribution in [0, 0.1) is 0 Å². The van der Waals surface area contributed by atoms with Gasteiger partial charge in [-0.25, -0.2) is 9.59 Å². The van der Waals surface area contributed by atoms with Gasteiger partial charge in [-0.05, 0) is 39.3 Å². The van der Waals surface area contributed by atoms with Crippen molar-refractivity contribution in [2.75, 3.05) is 19.6 Å². The van der Waals surface area contributed by atoms with Crippen LogP contribution in [-0.4, -0.2) is 53.7 Å². The number of likely N-dealkylation sites (tertiary alicyclic amines) is 1. The maximum atomic E-state index is 11.7. The molecule has 0 bridgehead atoms. The third-order valence-electron chi connectivity index (χ3n) is 3.75. The molecule has 0 aliphatic carbocycles. The quantitative estimate of drug-likeness (QED) is 0.660. The SMILES string of the molecule is CCC[C@H](NC(=O)NCC(C)N1CCCCC1)C(=O)O. The first-order valence-electron chi connectivity index (χ1n) is 7.55. The molecule has 20 heavy (non-hydrogen) atoms. The van der Waals surface area contributed by atoms with Crippen LogP contribution in [0.5, 0.6) is 0 Å². The minimum Gasteiger partial charge on any atom is -0.480 e. The average molecular weight is 285 g/mol. The van der Waals surface area contributed by atoms with E-state index in [4.69, 9.17) is 5.11 Å². The Morgan fingerprint density at radius 1 is 1.25 bits per heavy atom. The minimum absolute atomic E-state index is 0.288. The number of carboxylic acids is 1. The van der Waals surface area contributed by atoms with Gasteiger partial charge in [0.05, 0.1) is 0 Å². The van der Waals surface area contributed by atoms with E-state index in [2.05, 4.69) is 22.5 Å². The van der Waals surface area contributed by atoms with Crippen LogP contribution >= 0.6 is 0 Å². The smallest absolute Gasteiger partial charge is 0.326 e. The molecule has 0 radical (unpaired) electrons. The molecule has 116 valence electrons. The van der Waals surface area contributed by atoms with Crippen LogP contribution in [0.25, 0.3) is 0 Å². The number of nitrogens with zero attached hydrogens (tertiary/aromatic N) is 1. The van der Waals surface area contributed by atoms with Gasteiger partial charge < -0.3 is 15.7 Å². The maximum Gasteiger partial charge on any atom is 0.326 e. The van der Waals surface area contributed by atoms with E-state index in [1.54, 1.807) is 0 Å². The summed E-state index contributed by atoms with van der Waals surface area (Å²) in [6.07, 6.45) is 4.89. The van der Waals surface area contributed by atoms with Gasteiger partial charge in [0.15, 0.2) is 0 Å². The van der Waals surface area contributed by atoms with Crippen molar-refractivity contribution in [2.45, 2.75) is 58.0 Å². The van der Waals surface area contributed by atoms with Crippen molar-refractivity contribution in [1.82, 2.24) is 15.5 Å². The second-order valence-electron chi connectivity index (χ2n) is 5.48. The normalized spacial score (nSPS) is 19.1. The van der Waals surface area contributed by atoms with Gasteiger partial charge >= 0.3 is 12.0 Å². The summed E-state index contributed by atoms with van der Waals surface area (Å²) in [5.74, 6) is -0.980. The van der Waals surface area contributed by atoms with Crippen LogP contribution in [0.3, 0.4) is 0 Å². The lowest BCUT2D eigenvalue weighted by Gasteiger charge is -2.32. The van der Waals surface area contributed by atoms with Crippen LogP contribution in [0.15, 0.2) is 0 Å². The van der Waals surface area contributed by atoms with Gasteiger partial charge in [0.25, 0.3) is 0 Å². The topological polar surface area (TPSA) is 81.7 Å². The zero-order chi connectivity index (χ0) is 15.0. The molecule has 3 N–H and O–H groups in total. The highest BCUT2D eigenvalue weighted by atomic mass is 16.4. The summed E-state index contributed by atoms with van der Waals surface area (Å²) in [5.41, 5.74) is 0. The average Bonchev–Trinajstić information content (AvgIpc) is 2.45. The lowest BCUT2D eigenvalue weighted by Crippen LogP contribution is -2.50. The van der Waals surface area contributed by atoms with E-state index in [1.807, 2.05) is 6.92 Å². The molecule has 0 aromatic rings. The predicted molar refractivity (Wildman–Crippen MR) is 77.8 cm³/mol. The van der Waals surface area contributed by atoms with Gasteiger partial charge in [-0.1, -0.05) is 19.8 Å². The molecule has 0 aromatic carbocycles. The largest absolute Gasteiger partial charge is 0.480 e. The molecule has 1 aliphatic rings. The number of urea groups is 1. The number of aliphatic carboxylic acids is 1. The molecule has 1 saturated heterocycles. The summed E-state index contributed by atoms with van der Waals surface area (Å²) in [6, 6.07) is -0.907. The fourth-order valence-corrected chi connectivity index (χ4v) is 2.48. The molecule has 1 unspecified atom stereocenters. The summed E-state index contributed by atoms with van der Waals surface area (Å²) < 4.78 is 0. The van der Waals surface area contributed by atoms with Crippen molar-refractivity contribution >= 4 is 12.0 Å². The number of piperidine rings is 1. The summed E-state index contributed by atoms with van der Waals surface area (Å²) >= 11 is 0. The summed E-state index contributed by atoms with van der Waals surface area (Å²) in [4.78, 5) is 25.0. The molecule has 6 heteroatoms. The highest BCUT2D eigenvalue weighted by molar-refractivity contribution is 5.82. The lowest BCUT2D eigenvalue weighted by molar-refractivity contribution is -0.139. The summed E-state index contributed by atoms with van der Waals surface area (Å²) in [5, 5.41) is 14.3. The fraction of sp³-hybridized carbons (Fsp3) is 0.857. The fourth-order valence-electron chi connectivity index (χ4n) is 2.48. The van der Waals surface area contributed by atoms with Gasteiger partial charge in [-0.3, -0.25) is 4.90 Å². The Morgan fingerprint density at radius 2 is 1.90 bits per heavy atom. The standard InChI is InChI=1S/C14H27N3O3/c1-3-7-12(13(18)19)16-14(20)15-10-11(2)17-8-5-4-6-9-17/h11-12H,3-10H2,1-2H3,(H,18,19)(H2,15,16,20)/t11?,12-/m0/s1. The van der Waals surface area contributed by atoms with Crippen molar-refractivity contribution in [3.8, 4) is 0 Å². The number of hydrogen-bond donors (Lipinski definition) is 3. The van der Waals surface area contributed by atoms with Gasteiger partial charge in [0, 0.05) is 12.6 Å². The predicted octanol–water partition coefficient (Wildman–Crippen LogP) is 1.41. The molecule has 1 rings (SSSR count). The van der Waals surface area contributed by atoms with E-state index in [-0.39, 0.29) is 6.04 Å². The van der Waals surface area contributed by atoms with Crippen molar-refractivity contribution in [3.63, 3.8) is 0 Å². The third-order valence-corrected chi connectivity index (χ3v) is 3.75. The van der Waals surface area contributed by atoms with Gasteiger partial charge in [0.2, 0.25) is 0 Å². The van der Waals surface area contributed by atoms with Crippen LogP contribution in [0.2, 0.25) is 0 Å². The Labute approximate surface area is 120 Å². The van der Waals surface area contributed by atoms with E-state index in [0.29, 0.717) is 13.0 Å². The van der Waals surface area contributed by atoms with Crippen molar-refractivity contribution in [3.05, 3.63) is 0 Å². The molecule has 1 heterocycles. The zero-order valence-corrected chi connectivity index (χ0v) is 12.5. The Balaban J connectivity index is 2.28. The van der Waals surface area contributed by atoms with Crippen molar-refractivity contribution in [1.29, 1.82) is 0 Å². The van der Waals surface area contributed by atoms with Gasteiger partial charge in [-0.15, -0.1) is 0 Å². The first-order valence-corrected chi connectivity index (χ1v) is 7.55. The number of rotatable bonds is 7. The van der Waals surface area contributed by atoms with E-state index in [1.165, 1.54) is 19.3 Å². The number of carbonyl (C=O) groups excluding carboxylic acids is 1.